The summed E-state index contributed by atoms with van der Waals surface area (Å²) < 4.78 is 7.02. The summed E-state index contributed by atoms with van der Waals surface area (Å²) in [6.07, 6.45) is 0. The van der Waals surface area contributed by atoms with Crippen molar-refractivity contribution in [2.45, 2.75) is 0 Å². The molecule has 0 bridgehead atoms. The number of para-hydroxylation sites is 1. The molecule has 0 spiro atoms. The maximum Gasteiger partial charge on any atom is 0.346 e. The Hall–Kier alpha value is -3.03. The quantitative estimate of drug-likeness (QED) is 0.427. The van der Waals surface area contributed by atoms with Gasteiger partial charge in [0.2, 0.25) is 4.96 Å². The summed E-state index contributed by atoms with van der Waals surface area (Å²) in [5.74, 6) is 0.587. The summed E-state index contributed by atoms with van der Waals surface area (Å²) in [6, 6.07) is 16.4. The molecule has 6 nitrogen and oxygen atoms in total. The van der Waals surface area contributed by atoms with Gasteiger partial charge >= 0.3 is 5.63 Å². The molecule has 126 valence electrons. The van der Waals surface area contributed by atoms with E-state index in [1.807, 2.05) is 30.3 Å². The van der Waals surface area contributed by atoms with Crippen molar-refractivity contribution in [1.82, 2.24) is 19.8 Å². The van der Waals surface area contributed by atoms with Gasteiger partial charge < -0.3 is 4.42 Å². The Morgan fingerprint density at radius 1 is 1.04 bits per heavy atom. The average Bonchev–Trinajstić information content (AvgIpc) is 3.22. The lowest BCUT2D eigenvalue weighted by Crippen LogP contribution is -2.03. The minimum atomic E-state index is -0.429. The van der Waals surface area contributed by atoms with Gasteiger partial charge in [-0.25, -0.2) is 4.79 Å². The van der Waals surface area contributed by atoms with Crippen molar-refractivity contribution in [3.8, 4) is 22.0 Å². The molecule has 5 aromatic rings. The van der Waals surface area contributed by atoms with Crippen LogP contribution in [0.25, 0.3) is 37.9 Å². The predicted octanol–water partition coefficient (Wildman–Crippen LogP) is 4.28. The van der Waals surface area contributed by atoms with Gasteiger partial charge in [0, 0.05) is 16.0 Å². The number of hydrogen-bond acceptors (Lipinski definition) is 6. The Labute approximate surface area is 155 Å². The minimum Gasteiger partial charge on any atom is -0.422 e. The minimum absolute atomic E-state index is 0.404. The summed E-state index contributed by atoms with van der Waals surface area (Å²) in [6.45, 7) is 0. The van der Waals surface area contributed by atoms with E-state index >= 15 is 0 Å². The van der Waals surface area contributed by atoms with Gasteiger partial charge in [0.05, 0.1) is 5.56 Å². The molecule has 0 fully saturated rings. The molecule has 0 saturated heterocycles. The maximum atomic E-state index is 12.4. The van der Waals surface area contributed by atoms with E-state index in [0.29, 0.717) is 32.0 Å². The molecule has 0 amide bonds. The number of hydrogen-bond donors (Lipinski definition) is 0. The molecule has 0 radical (unpaired) electrons. The largest absolute Gasteiger partial charge is 0.422 e. The Kier molecular flexibility index (Phi) is 3.37. The van der Waals surface area contributed by atoms with Gasteiger partial charge in [0.1, 0.15) is 5.58 Å². The second-order valence-electron chi connectivity index (χ2n) is 5.62. The lowest BCUT2D eigenvalue weighted by molar-refractivity contribution is 0.563. The SMILES string of the molecule is O=c1oc2ccccc2cc1-c1nn2c(-c3ccc(Cl)cc3)nnc2s1. The second kappa shape index (κ2) is 5.76. The van der Waals surface area contributed by atoms with Crippen LogP contribution in [0, 0.1) is 0 Å². The van der Waals surface area contributed by atoms with Crippen LogP contribution in [0.4, 0.5) is 0 Å². The van der Waals surface area contributed by atoms with E-state index in [1.54, 1.807) is 28.8 Å². The van der Waals surface area contributed by atoms with Crippen molar-refractivity contribution >= 4 is 38.9 Å². The zero-order chi connectivity index (χ0) is 17.7. The molecule has 8 heteroatoms. The fraction of sp³-hybridized carbons (Fsp3) is 0. The van der Waals surface area contributed by atoms with Gasteiger partial charge in [-0.05, 0) is 36.4 Å². The molecule has 0 unspecified atom stereocenters. The van der Waals surface area contributed by atoms with Crippen LogP contribution in [0.15, 0.2) is 63.8 Å². The van der Waals surface area contributed by atoms with E-state index < -0.39 is 5.63 Å². The number of rotatable bonds is 2. The van der Waals surface area contributed by atoms with Gasteiger partial charge in [0.15, 0.2) is 10.8 Å². The van der Waals surface area contributed by atoms with Crippen LogP contribution < -0.4 is 5.63 Å². The van der Waals surface area contributed by atoms with Gasteiger partial charge in [-0.15, -0.1) is 10.2 Å². The van der Waals surface area contributed by atoms with Crippen molar-refractivity contribution in [3.63, 3.8) is 0 Å². The molecule has 3 aromatic heterocycles. The zero-order valence-corrected chi connectivity index (χ0v) is 14.7. The molecular weight excluding hydrogens is 372 g/mol. The smallest absolute Gasteiger partial charge is 0.346 e. The first-order valence-corrected chi connectivity index (χ1v) is 8.90. The third-order valence-corrected chi connectivity index (χ3v) is 5.15. The van der Waals surface area contributed by atoms with E-state index in [1.165, 1.54) is 11.3 Å². The van der Waals surface area contributed by atoms with Crippen molar-refractivity contribution in [2.75, 3.05) is 0 Å². The average molecular weight is 381 g/mol. The fourth-order valence-corrected chi connectivity index (χ4v) is 3.68. The van der Waals surface area contributed by atoms with Crippen LogP contribution in [0.1, 0.15) is 0 Å². The van der Waals surface area contributed by atoms with Crippen LogP contribution in [-0.2, 0) is 0 Å². The van der Waals surface area contributed by atoms with Gasteiger partial charge in [-0.2, -0.15) is 9.61 Å². The molecule has 3 heterocycles. The summed E-state index contributed by atoms with van der Waals surface area (Å²) >= 11 is 7.22. The molecule has 0 saturated carbocycles. The maximum absolute atomic E-state index is 12.4. The lowest BCUT2D eigenvalue weighted by atomic mass is 10.2. The third kappa shape index (κ3) is 2.40. The highest BCUT2D eigenvalue weighted by atomic mass is 35.5. The normalized spacial score (nSPS) is 11.4. The first-order valence-electron chi connectivity index (χ1n) is 7.70. The molecule has 0 aliphatic carbocycles. The zero-order valence-electron chi connectivity index (χ0n) is 13.1. The van der Waals surface area contributed by atoms with Gasteiger partial charge in [0.25, 0.3) is 0 Å². The van der Waals surface area contributed by atoms with Crippen LogP contribution in [-0.4, -0.2) is 19.8 Å². The molecule has 0 aliphatic heterocycles. The first-order chi connectivity index (χ1) is 12.7. The van der Waals surface area contributed by atoms with E-state index in [0.717, 1.165) is 10.9 Å². The van der Waals surface area contributed by atoms with Crippen molar-refractivity contribution in [3.05, 3.63) is 70.0 Å². The summed E-state index contributed by atoms with van der Waals surface area (Å²) in [5, 5.41) is 14.9. The highest BCUT2D eigenvalue weighted by Crippen LogP contribution is 2.28. The number of benzene rings is 2. The lowest BCUT2D eigenvalue weighted by Gasteiger charge is -1.99. The standard InChI is InChI=1S/C18H9ClN4O2S/c19-12-7-5-10(6-8-12)15-20-21-18-23(15)22-16(26-18)13-9-11-3-1-2-4-14(11)25-17(13)24/h1-9H. The molecule has 0 N–H and O–H groups in total. The van der Waals surface area contributed by atoms with E-state index in [4.69, 9.17) is 16.0 Å². The van der Waals surface area contributed by atoms with E-state index in [9.17, 15) is 4.79 Å². The Morgan fingerprint density at radius 3 is 2.69 bits per heavy atom. The molecule has 2 aromatic carbocycles. The number of fused-ring (bicyclic) bond motifs is 2. The number of halogens is 1. The van der Waals surface area contributed by atoms with Crippen LogP contribution in [0.2, 0.25) is 5.02 Å². The molecular formula is C18H9ClN4O2S. The summed E-state index contributed by atoms with van der Waals surface area (Å²) in [5.41, 5.74) is 1.36. The Morgan fingerprint density at radius 2 is 1.85 bits per heavy atom. The highest BCUT2D eigenvalue weighted by molar-refractivity contribution is 7.19. The first kappa shape index (κ1) is 15.2. The van der Waals surface area contributed by atoms with Crippen LogP contribution in [0.5, 0.6) is 0 Å². The highest BCUT2D eigenvalue weighted by Gasteiger charge is 2.17. The van der Waals surface area contributed by atoms with Crippen LogP contribution in [0.3, 0.4) is 0 Å². The van der Waals surface area contributed by atoms with Crippen molar-refractivity contribution in [1.29, 1.82) is 0 Å². The fourth-order valence-electron chi connectivity index (χ4n) is 2.72. The Balaban J connectivity index is 1.68. The monoisotopic (exact) mass is 380 g/mol. The predicted molar refractivity (Wildman–Crippen MR) is 101 cm³/mol. The summed E-state index contributed by atoms with van der Waals surface area (Å²) in [4.78, 5) is 13.0. The topological polar surface area (TPSA) is 73.3 Å². The van der Waals surface area contributed by atoms with Crippen molar-refractivity contribution in [2.24, 2.45) is 0 Å². The van der Waals surface area contributed by atoms with Gasteiger partial charge in [-0.3, -0.25) is 0 Å². The molecule has 0 atom stereocenters. The molecule has 0 aliphatic rings. The van der Waals surface area contributed by atoms with E-state index in [2.05, 4.69) is 15.3 Å². The molecule has 5 rings (SSSR count). The van der Waals surface area contributed by atoms with Crippen LogP contribution >= 0.6 is 22.9 Å². The van der Waals surface area contributed by atoms with Crippen molar-refractivity contribution < 1.29 is 4.42 Å². The summed E-state index contributed by atoms with van der Waals surface area (Å²) in [7, 11) is 0. The molecule has 26 heavy (non-hydrogen) atoms. The number of aromatic nitrogens is 4. The number of nitrogens with zero attached hydrogens (tertiary/aromatic N) is 4. The van der Waals surface area contributed by atoms with E-state index in [-0.39, 0.29) is 0 Å². The van der Waals surface area contributed by atoms with Gasteiger partial charge in [-0.1, -0.05) is 41.1 Å². The third-order valence-electron chi connectivity index (χ3n) is 3.97. The second-order valence-corrected chi connectivity index (χ2v) is 7.01. The Bertz CT molecular complexity index is 1320.